The molecule has 0 spiro atoms. The molecule has 0 unspecified atom stereocenters. The van der Waals surface area contributed by atoms with Crippen molar-refractivity contribution in [2.24, 2.45) is 0 Å². The van der Waals surface area contributed by atoms with Crippen LogP contribution in [-0.2, 0) is 4.79 Å². The summed E-state index contributed by atoms with van der Waals surface area (Å²) in [5.41, 5.74) is 3.98. The number of hydrogen-bond donors (Lipinski definition) is 2. The third kappa shape index (κ3) is 2.85. The Kier molecular flexibility index (Phi) is 3.95. The third-order valence-electron chi connectivity index (χ3n) is 4.92. The van der Waals surface area contributed by atoms with Crippen LogP contribution < -0.4 is 5.32 Å². The lowest BCUT2D eigenvalue weighted by Crippen LogP contribution is -2.05. The Morgan fingerprint density at radius 1 is 1.07 bits per heavy atom. The van der Waals surface area contributed by atoms with Gasteiger partial charge in [0.15, 0.2) is 0 Å². The molecule has 0 saturated heterocycles. The van der Waals surface area contributed by atoms with Crippen LogP contribution in [0.25, 0.3) is 27.4 Å². The van der Waals surface area contributed by atoms with Crippen LogP contribution in [0.15, 0.2) is 48.7 Å². The van der Waals surface area contributed by atoms with Crippen LogP contribution in [0.3, 0.4) is 0 Å². The number of amides is 1. The lowest BCUT2D eigenvalue weighted by molar-refractivity contribution is -0.114. The van der Waals surface area contributed by atoms with Gasteiger partial charge in [-0.15, -0.1) is 0 Å². The van der Waals surface area contributed by atoms with Gasteiger partial charge in [-0.2, -0.15) is 0 Å². The van der Waals surface area contributed by atoms with E-state index < -0.39 is 0 Å². The first-order valence-electron chi connectivity index (χ1n) is 9.09. The number of nitrogens with one attached hydrogen (secondary N) is 1. The standard InChI is InChI=1S/C22H23N3O2/c1-13(2)25-14(3)9-17-10-19(7-8-21(17)25)24-12-16-5-6-18(23-15(4)26)11-20(16)22(24)27/h5-13,27H,1-4H3,(H,23,26). The van der Waals surface area contributed by atoms with Crippen LogP contribution in [0.4, 0.5) is 5.69 Å². The Morgan fingerprint density at radius 3 is 2.56 bits per heavy atom. The molecule has 0 fully saturated rings. The van der Waals surface area contributed by atoms with Crippen molar-refractivity contribution < 1.29 is 9.90 Å². The van der Waals surface area contributed by atoms with Gasteiger partial charge in [0.2, 0.25) is 11.8 Å². The molecule has 2 N–H and O–H groups in total. The van der Waals surface area contributed by atoms with Crippen LogP contribution in [0.1, 0.15) is 32.5 Å². The van der Waals surface area contributed by atoms with Crippen molar-refractivity contribution in [2.75, 3.05) is 5.32 Å². The molecule has 0 atom stereocenters. The monoisotopic (exact) mass is 361 g/mol. The van der Waals surface area contributed by atoms with Gasteiger partial charge >= 0.3 is 0 Å². The molecule has 0 aliphatic carbocycles. The van der Waals surface area contributed by atoms with Gasteiger partial charge in [-0.05, 0) is 57.2 Å². The molecule has 2 aromatic heterocycles. The second-order valence-electron chi connectivity index (χ2n) is 7.30. The van der Waals surface area contributed by atoms with E-state index in [9.17, 15) is 9.90 Å². The molecule has 0 bridgehead atoms. The maximum absolute atomic E-state index is 11.3. The lowest BCUT2D eigenvalue weighted by Gasteiger charge is -2.12. The van der Waals surface area contributed by atoms with E-state index in [1.807, 2.05) is 24.4 Å². The zero-order chi connectivity index (χ0) is 19.3. The maximum atomic E-state index is 11.3. The highest BCUT2D eigenvalue weighted by atomic mass is 16.3. The fraction of sp³-hybridized carbons (Fsp3) is 0.227. The van der Waals surface area contributed by atoms with Crippen molar-refractivity contribution in [3.8, 4) is 11.6 Å². The first-order valence-corrected chi connectivity index (χ1v) is 9.09. The molecule has 4 aromatic rings. The van der Waals surface area contributed by atoms with Crippen molar-refractivity contribution in [3.05, 3.63) is 54.4 Å². The van der Waals surface area contributed by atoms with E-state index in [2.05, 4.69) is 48.9 Å². The number of carbonyl (C=O) groups is 1. The summed E-state index contributed by atoms with van der Waals surface area (Å²) < 4.78 is 4.09. The van der Waals surface area contributed by atoms with Gasteiger partial charge in [-0.25, -0.2) is 0 Å². The highest BCUT2D eigenvalue weighted by Crippen LogP contribution is 2.34. The molecular weight excluding hydrogens is 338 g/mol. The summed E-state index contributed by atoms with van der Waals surface area (Å²) in [6.45, 7) is 7.94. The number of hydrogen-bond acceptors (Lipinski definition) is 2. The number of carbonyl (C=O) groups excluding carboxylic acids is 1. The van der Waals surface area contributed by atoms with Gasteiger partial charge in [0.1, 0.15) is 0 Å². The minimum atomic E-state index is -0.135. The molecule has 0 aliphatic rings. The summed E-state index contributed by atoms with van der Waals surface area (Å²) in [5, 5.41) is 16.3. The van der Waals surface area contributed by atoms with Crippen molar-refractivity contribution in [3.63, 3.8) is 0 Å². The normalized spacial score (nSPS) is 11.6. The smallest absolute Gasteiger partial charge is 0.221 e. The Balaban J connectivity index is 1.84. The van der Waals surface area contributed by atoms with Gasteiger partial charge in [0.05, 0.1) is 0 Å². The molecule has 0 aliphatic heterocycles. The summed E-state index contributed by atoms with van der Waals surface area (Å²) in [7, 11) is 0. The Hall–Kier alpha value is -3.21. The Morgan fingerprint density at radius 2 is 1.85 bits per heavy atom. The first-order chi connectivity index (χ1) is 12.8. The number of nitrogens with zero attached hydrogens (tertiary/aromatic N) is 2. The number of anilines is 1. The molecule has 27 heavy (non-hydrogen) atoms. The van der Waals surface area contributed by atoms with Gasteiger partial charge in [0.25, 0.3) is 0 Å². The third-order valence-corrected chi connectivity index (χ3v) is 4.92. The fourth-order valence-corrected chi connectivity index (χ4v) is 3.87. The van der Waals surface area contributed by atoms with Crippen molar-refractivity contribution >= 4 is 33.3 Å². The van der Waals surface area contributed by atoms with Crippen molar-refractivity contribution in [2.45, 2.75) is 33.7 Å². The van der Waals surface area contributed by atoms with E-state index in [1.54, 1.807) is 10.6 Å². The van der Waals surface area contributed by atoms with Gasteiger partial charge < -0.3 is 15.0 Å². The number of aromatic hydroxyl groups is 1. The molecular formula is C22H23N3O2. The average molecular weight is 361 g/mol. The molecule has 0 radical (unpaired) electrons. The molecule has 138 valence electrons. The van der Waals surface area contributed by atoms with Crippen LogP contribution in [0.2, 0.25) is 0 Å². The van der Waals surface area contributed by atoms with E-state index in [4.69, 9.17) is 0 Å². The van der Waals surface area contributed by atoms with Gasteiger partial charge in [-0.3, -0.25) is 9.36 Å². The highest BCUT2D eigenvalue weighted by molar-refractivity contribution is 5.96. The number of aromatic nitrogens is 2. The summed E-state index contributed by atoms with van der Waals surface area (Å²) in [6.07, 6.45) is 1.91. The second kappa shape index (κ2) is 6.20. The largest absolute Gasteiger partial charge is 0.494 e. The molecule has 5 heteroatoms. The summed E-state index contributed by atoms with van der Waals surface area (Å²) in [5.74, 6) is 0.0281. The average Bonchev–Trinajstić information content (AvgIpc) is 3.10. The van der Waals surface area contributed by atoms with Crippen LogP contribution in [0, 0.1) is 6.92 Å². The SMILES string of the molecule is CC(=O)Nc1ccc2cn(-c3ccc4c(c3)cc(C)n4C(C)C)c(O)c2c1. The zero-order valence-corrected chi connectivity index (χ0v) is 15.9. The topological polar surface area (TPSA) is 59.2 Å². The van der Waals surface area contributed by atoms with E-state index >= 15 is 0 Å². The van der Waals surface area contributed by atoms with Crippen LogP contribution in [0.5, 0.6) is 5.88 Å². The number of fused-ring (bicyclic) bond motifs is 2. The van der Waals surface area contributed by atoms with Crippen molar-refractivity contribution in [1.82, 2.24) is 9.13 Å². The van der Waals surface area contributed by atoms with E-state index in [1.165, 1.54) is 18.1 Å². The first kappa shape index (κ1) is 17.2. The molecule has 4 rings (SSSR count). The van der Waals surface area contributed by atoms with Crippen molar-refractivity contribution in [1.29, 1.82) is 0 Å². The summed E-state index contributed by atoms with van der Waals surface area (Å²) in [4.78, 5) is 11.3. The van der Waals surface area contributed by atoms with E-state index in [0.717, 1.165) is 16.5 Å². The number of aryl methyl sites for hydroxylation is 1. The maximum Gasteiger partial charge on any atom is 0.221 e. The van der Waals surface area contributed by atoms with E-state index in [-0.39, 0.29) is 11.8 Å². The van der Waals surface area contributed by atoms with Gasteiger partial charge in [0, 0.05) is 57.9 Å². The Bertz CT molecular complexity index is 1180. The summed E-state index contributed by atoms with van der Waals surface area (Å²) in [6, 6.07) is 14.3. The lowest BCUT2D eigenvalue weighted by atomic mass is 10.2. The molecule has 5 nitrogen and oxygen atoms in total. The van der Waals surface area contributed by atoms with E-state index in [0.29, 0.717) is 17.1 Å². The fourth-order valence-electron chi connectivity index (χ4n) is 3.87. The molecule has 2 heterocycles. The molecule has 2 aromatic carbocycles. The minimum Gasteiger partial charge on any atom is -0.494 e. The molecule has 0 saturated carbocycles. The molecule has 1 amide bonds. The minimum absolute atomic E-state index is 0.135. The number of benzene rings is 2. The van der Waals surface area contributed by atoms with Gasteiger partial charge in [-0.1, -0.05) is 6.07 Å². The predicted molar refractivity (Wildman–Crippen MR) is 110 cm³/mol. The summed E-state index contributed by atoms with van der Waals surface area (Å²) >= 11 is 0. The second-order valence-corrected chi connectivity index (χ2v) is 7.30. The Labute approximate surface area is 157 Å². The van der Waals surface area contributed by atoms with Crippen LogP contribution >= 0.6 is 0 Å². The quantitative estimate of drug-likeness (QED) is 0.531. The van der Waals surface area contributed by atoms with Crippen LogP contribution in [-0.4, -0.2) is 20.1 Å². The predicted octanol–water partition coefficient (Wildman–Crippen LogP) is 5.14. The number of rotatable bonds is 3. The highest BCUT2D eigenvalue weighted by Gasteiger charge is 2.13. The zero-order valence-electron chi connectivity index (χ0n) is 15.9.